The maximum Gasteiger partial charge on any atom is 0.120 e. The fourth-order valence-corrected chi connectivity index (χ4v) is 1.80. The van der Waals surface area contributed by atoms with E-state index in [9.17, 15) is 5.11 Å². The molecule has 1 aromatic rings. The van der Waals surface area contributed by atoms with Crippen LogP contribution in [0.1, 0.15) is 30.9 Å². The van der Waals surface area contributed by atoms with E-state index in [0.29, 0.717) is 0 Å². The monoisotopic (exact) mass is 243 g/mol. The minimum absolute atomic E-state index is 0. The van der Waals surface area contributed by atoms with Gasteiger partial charge in [0.15, 0.2) is 0 Å². The van der Waals surface area contributed by atoms with Gasteiger partial charge in [0.1, 0.15) is 11.5 Å². The average Bonchev–Trinajstić information content (AvgIpc) is 3.02. The first-order valence-corrected chi connectivity index (χ1v) is 5.33. The Bertz CT molecular complexity index is 353. The zero-order valence-electron chi connectivity index (χ0n) is 9.35. The molecular weight excluding hydrogens is 226 g/mol. The van der Waals surface area contributed by atoms with E-state index in [2.05, 4.69) is 0 Å². The summed E-state index contributed by atoms with van der Waals surface area (Å²) in [7, 11) is 1.61. The molecule has 1 aliphatic carbocycles. The van der Waals surface area contributed by atoms with Crippen LogP contribution >= 0.6 is 12.4 Å². The zero-order valence-corrected chi connectivity index (χ0v) is 10.2. The third-order valence-corrected chi connectivity index (χ3v) is 2.92. The smallest absolute Gasteiger partial charge is 0.120 e. The Balaban J connectivity index is 0.00000128. The molecule has 3 nitrogen and oxygen atoms in total. The lowest BCUT2D eigenvalue weighted by Crippen LogP contribution is -2.11. The summed E-state index contributed by atoms with van der Waals surface area (Å²) >= 11 is 0. The van der Waals surface area contributed by atoms with E-state index in [4.69, 9.17) is 10.5 Å². The van der Waals surface area contributed by atoms with Crippen molar-refractivity contribution in [3.05, 3.63) is 23.8 Å². The van der Waals surface area contributed by atoms with Crippen molar-refractivity contribution in [2.24, 2.45) is 11.7 Å². The van der Waals surface area contributed by atoms with Crippen LogP contribution in [0.15, 0.2) is 18.2 Å². The van der Waals surface area contributed by atoms with Crippen LogP contribution in [0.25, 0.3) is 0 Å². The van der Waals surface area contributed by atoms with Gasteiger partial charge in [0.05, 0.1) is 7.11 Å². The van der Waals surface area contributed by atoms with Crippen molar-refractivity contribution in [1.82, 2.24) is 0 Å². The van der Waals surface area contributed by atoms with Crippen LogP contribution in [-0.4, -0.2) is 12.2 Å². The summed E-state index contributed by atoms with van der Waals surface area (Å²) in [6, 6.07) is 5.12. The fraction of sp³-hybridized carbons (Fsp3) is 0.500. The van der Waals surface area contributed by atoms with Gasteiger partial charge in [-0.2, -0.15) is 0 Å². The molecular formula is C12H18ClNO2. The van der Waals surface area contributed by atoms with Crippen molar-refractivity contribution < 1.29 is 9.84 Å². The largest absolute Gasteiger partial charge is 0.508 e. The zero-order chi connectivity index (χ0) is 10.8. The highest BCUT2D eigenvalue weighted by atomic mass is 35.5. The SMILES string of the molecule is COc1ccc(O)c([C@H](N)CC2CC2)c1.Cl. The third kappa shape index (κ3) is 3.03. The quantitative estimate of drug-likeness (QED) is 0.855. The number of phenols is 1. The minimum Gasteiger partial charge on any atom is -0.508 e. The Morgan fingerprint density at radius 1 is 1.50 bits per heavy atom. The molecule has 4 heteroatoms. The molecule has 0 aliphatic heterocycles. The van der Waals surface area contributed by atoms with E-state index < -0.39 is 0 Å². The molecule has 16 heavy (non-hydrogen) atoms. The van der Waals surface area contributed by atoms with E-state index in [-0.39, 0.29) is 24.2 Å². The van der Waals surface area contributed by atoms with E-state index in [1.807, 2.05) is 6.07 Å². The van der Waals surface area contributed by atoms with Crippen molar-refractivity contribution in [3.63, 3.8) is 0 Å². The molecule has 1 aromatic carbocycles. The summed E-state index contributed by atoms with van der Waals surface area (Å²) in [4.78, 5) is 0. The number of methoxy groups -OCH3 is 1. The Morgan fingerprint density at radius 2 is 2.19 bits per heavy atom. The van der Waals surface area contributed by atoms with E-state index in [0.717, 1.165) is 23.7 Å². The predicted molar refractivity (Wildman–Crippen MR) is 66.2 cm³/mol. The number of nitrogens with two attached hydrogens (primary N) is 1. The summed E-state index contributed by atoms with van der Waals surface area (Å²) in [5, 5.41) is 9.70. The van der Waals surface area contributed by atoms with Crippen LogP contribution in [0.2, 0.25) is 0 Å². The second-order valence-electron chi connectivity index (χ2n) is 4.21. The number of hydrogen-bond donors (Lipinski definition) is 2. The fourth-order valence-electron chi connectivity index (χ4n) is 1.80. The molecule has 90 valence electrons. The van der Waals surface area contributed by atoms with E-state index >= 15 is 0 Å². The van der Waals surface area contributed by atoms with Gasteiger partial charge in [-0.3, -0.25) is 0 Å². The Labute approximate surface area is 102 Å². The molecule has 1 saturated carbocycles. The lowest BCUT2D eigenvalue weighted by atomic mass is 10.0. The van der Waals surface area contributed by atoms with Crippen LogP contribution in [0, 0.1) is 5.92 Å². The highest BCUT2D eigenvalue weighted by Gasteiger charge is 2.25. The molecule has 2 rings (SSSR count). The Morgan fingerprint density at radius 3 is 2.75 bits per heavy atom. The molecule has 0 saturated heterocycles. The topological polar surface area (TPSA) is 55.5 Å². The second kappa shape index (κ2) is 5.41. The van der Waals surface area contributed by atoms with Gasteiger partial charge in [0.2, 0.25) is 0 Å². The van der Waals surface area contributed by atoms with Gasteiger partial charge in [-0.15, -0.1) is 12.4 Å². The van der Waals surface area contributed by atoms with Crippen LogP contribution in [0.3, 0.4) is 0 Å². The summed E-state index contributed by atoms with van der Waals surface area (Å²) in [5.41, 5.74) is 6.84. The predicted octanol–water partition coefficient (Wildman–Crippen LogP) is 2.62. The first-order chi connectivity index (χ1) is 7.20. The number of phenolic OH excluding ortho intramolecular Hbond substituents is 1. The van der Waals surface area contributed by atoms with Gasteiger partial charge in [-0.1, -0.05) is 12.8 Å². The van der Waals surface area contributed by atoms with Crippen LogP contribution in [0.5, 0.6) is 11.5 Å². The van der Waals surface area contributed by atoms with Crippen molar-refractivity contribution in [2.45, 2.75) is 25.3 Å². The number of aromatic hydroxyl groups is 1. The van der Waals surface area contributed by atoms with Crippen molar-refractivity contribution in [1.29, 1.82) is 0 Å². The van der Waals surface area contributed by atoms with Gasteiger partial charge in [0.25, 0.3) is 0 Å². The normalized spacial score (nSPS) is 16.4. The summed E-state index contributed by atoms with van der Waals surface area (Å²) in [6.07, 6.45) is 3.51. The van der Waals surface area contributed by atoms with Crippen molar-refractivity contribution in [3.8, 4) is 11.5 Å². The van der Waals surface area contributed by atoms with Gasteiger partial charge in [0, 0.05) is 11.6 Å². The average molecular weight is 244 g/mol. The molecule has 0 unspecified atom stereocenters. The van der Waals surface area contributed by atoms with Crippen LogP contribution in [-0.2, 0) is 0 Å². The van der Waals surface area contributed by atoms with E-state index in [1.54, 1.807) is 19.2 Å². The maximum absolute atomic E-state index is 9.70. The number of halogens is 1. The second-order valence-corrected chi connectivity index (χ2v) is 4.21. The first-order valence-electron chi connectivity index (χ1n) is 5.33. The van der Waals surface area contributed by atoms with Crippen LogP contribution < -0.4 is 10.5 Å². The van der Waals surface area contributed by atoms with Gasteiger partial charge >= 0.3 is 0 Å². The van der Waals surface area contributed by atoms with Gasteiger partial charge in [-0.25, -0.2) is 0 Å². The molecule has 0 bridgehead atoms. The molecule has 0 amide bonds. The Kier molecular flexibility index (Phi) is 4.44. The Hall–Kier alpha value is -0.930. The molecule has 3 N–H and O–H groups in total. The van der Waals surface area contributed by atoms with Gasteiger partial charge in [-0.05, 0) is 30.5 Å². The summed E-state index contributed by atoms with van der Waals surface area (Å²) in [6.45, 7) is 0. The lowest BCUT2D eigenvalue weighted by Gasteiger charge is -2.14. The number of hydrogen-bond acceptors (Lipinski definition) is 3. The first kappa shape index (κ1) is 13.1. The molecule has 0 spiro atoms. The third-order valence-electron chi connectivity index (χ3n) is 2.92. The standard InChI is InChI=1S/C12H17NO2.ClH/c1-15-9-4-5-12(14)10(7-9)11(13)6-8-2-3-8;/h4-5,7-8,11,14H,2-3,6,13H2,1H3;1H/t11-;/m1./s1. The molecule has 0 radical (unpaired) electrons. The highest BCUT2D eigenvalue weighted by Crippen LogP contribution is 2.39. The molecule has 1 fully saturated rings. The molecule has 0 aromatic heterocycles. The minimum atomic E-state index is -0.0763. The maximum atomic E-state index is 9.70. The van der Waals surface area contributed by atoms with Crippen molar-refractivity contribution >= 4 is 12.4 Å². The van der Waals surface area contributed by atoms with E-state index in [1.165, 1.54) is 12.8 Å². The summed E-state index contributed by atoms with van der Waals surface area (Å²) < 4.78 is 5.11. The molecule has 0 heterocycles. The highest BCUT2D eigenvalue weighted by molar-refractivity contribution is 5.85. The number of ether oxygens (including phenoxy) is 1. The number of benzene rings is 1. The van der Waals surface area contributed by atoms with Crippen LogP contribution in [0.4, 0.5) is 0 Å². The van der Waals surface area contributed by atoms with Crippen molar-refractivity contribution in [2.75, 3.05) is 7.11 Å². The molecule has 1 atom stereocenters. The lowest BCUT2D eigenvalue weighted by molar-refractivity contribution is 0.408. The number of rotatable bonds is 4. The molecule has 1 aliphatic rings. The van der Waals surface area contributed by atoms with Gasteiger partial charge < -0.3 is 15.6 Å². The summed E-state index contributed by atoms with van der Waals surface area (Å²) in [5.74, 6) is 1.77.